The number of aliphatic carboxylic acids is 1. The molecule has 1 saturated heterocycles. The summed E-state index contributed by atoms with van der Waals surface area (Å²) in [5.74, 6) is -0.613. The normalized spacial score (nSPS) is 20.6. The van der Waals surface area contributed by atoms with Crippen molar-refractivity contribution in [1.82, 2.24) is 10.2 Å². The SMILES string of the molecule is CCOC(=O)CN1CCCC(CNCC(=O)O)C1. The molecule has 1 fully saturated rings. The van der Waals surface area contributed by atoms with Gasteiger partial charge in [-0.1, -0.05) is 0 Å². The smallest absolute Gasteiger partial charge is 0.320 e. The van der Waals surface area contributed by atoms with Gasteiger partial charge in [0.2, 0.25) is 0 Å². The maximum absolute atomic E-state index is 11.4. The fraction of sp³-hybridized carbons (Fsp3) is 0.833. The summed E-state index contributed by atoms with van der Waals surface area (Å²) in [7, 11) is 0. The third kappa shape index (κ3) is 5.97. The van der Waals surface area contributed by atoms with Gasteiger partial charge in [-0.2, -0.15) is 0 Å². The van der Waals surface area contributed by atoms with E-state index in [0.717, 1.165) is 25.9 Å². The zero-order chi connectivity index (χ0) is 13.4. The van der Waals surface area contributed by atoms with Gasteiger partial charge in [-0.05, 0) is 38.8 Å². The van der Waals surface area contributed by atoms with Crippen molar-refractivity contribution in [3.8, 4) is 0 Å². The number of piperidine rings is 1. The van der Waals surface area contributed by atoms with Crippen LogP contribution in [0.2, 0.25) is 0 Å². The molecule has 1 atom stereocenters. The lowest BCUT2D eigenvalue weighted by Gasteiger charge is -2.31. The van der Waals surface area contributed by atoms with Crippen LogP contribution in [-0.2, 0) is 14.3 Å². The first-order valence-corrected chi connectivity index (χ1v) is 6.42. The van der Waals surface area contributed by atoms with E-state index in [1.165, 1.54) is 0 Å². The average molecular weight is 258 g/mol. The van der Waals surface area contributed by atoms with E-state index in [1.807, 2.05) is 0 Å². The number of carboxylic acids is 1. The van der Waals surface area contributed by atoms with Crippen molar-refractivity contribution < 1.29 is 19.4 Å². The lowest BCUT2D eigenvalue weighted by Crippen LogP contribution is -2.42. The molecule has 6 nitrogen and oxygen atoms in total. The number of nitrogens with one attached hydrogen (secondary N) is 1. The van der Waals surface area contributed by atoms with Gasteiger partial charge in [-0.3, -0.25) is 14.5 Å². The van der Waals surface area contributed by atoms with Gasteiger partial charge in [0.05, 0.1) is 19.7 Å². The molecule has 0 aromatic heterocycles. The van der Waals surface area contributed by atoms with E-state index < -0.39 is 5.97 Å². The summed E-state index contributed by atoms with van der Waals surface area (Å²) in [6, 6.07) is 0. The Bertz CT molecular complexity index is 283. The summed E-state index contributed by atoms with van der Waals surface area (Å²) in [5.41, 5.74) is 0. The average Bonchev–Trinajstić information content (AvgIpc) is 2.29. The molecule has 18 heavy (non-hydrogen) atoms. The molecule has 6 heteroatoms. The molecule has 1 rings (SSSR count). The van der Waals surface area contributed by atoms with E-state index in [-0.39, 0.29) is 12.5 Å². The Morgan fingerprint density at radius 1 is 1.50 bits per heavy atom. The van der Waals surface area contributed by atoms with E-state index in [1.54, 1.807) is 6.92 Å². The zero-order valence-corrected chi connectivity index (χ0v) is 10.9. The molecule has 0 spiro atoms. The minimum absolute atomic E-state index is 0.00558. The van der Waals surface area contributed by atoms with Crippen LogP contribution < -0.4 is 5.32 Å². The second-order valence-electron chi connectivity index (χ2n) is 4.57. The predicted octanol–water partition coefficient (Wildman–Crippen LogP) is -0.0643. The van der Waals surface area contributed by atoms with Crippen LogP contribution in [0.25, 0.3) is 0 Å². The van der Waals surface area contributed by atoms with Gasteiger partial charge in [0.15, 0.2) is 0 Å². The molecule has 0 aromatic rings. The Morgan fingerprint density at radius 2 is 2.28 bits per heavy atom. The zero-order valence-electron chi connectivity index (χ0n) is 10.9. The lowest BCUT2D eigenvalue weighted by molar-refractivity contribution is -0.144. The Labute approximate surface area is 107 Å². The number of ether oxygens (including phenoxy) is 1. The first kappa shape index (κ1) is 14.9. The van der Waals surface area contributed by atoms with Gasteiger partial charge >= 0.3 is 11.9 Å². The lowest BCUT2D eigenvalue weighted by atomic mass is 9.98. The third-order valence-corrected chi connectivity index (χ3v) is 2.97. The van der Waals surface area contributed by atoms with Gasteiger partial charge < -0.3 is 15.2 Å². The first-order chi connectivity index (χ1) is 8.61. The fourth-order valence-corrected chi connectivity index (χ4v) is 2.23. The van der Waals surface area contributed by atoms with Crippen LogP contribution in [-0.4, -0.2) is 61.3 Å². The summed E-state index contributed by atoms with van der Waals surface area (Å²) in [5, 5.41) is 11.5. The van der Waals surface area contributed by atoms with Gasteiger partial charge in [-0.25, -0.2) is 0 Å². The maximum Gasteiger partial charge on any atom is 0.320 e. The van der Waals surface area contributed by atoms with E-state index in [4.69, 9.17) is 9.84 Å². The molecule has 1 unspecified atom stereocenters. The molecule has 0 radical (unpaired) electrons. The number of nitrogens with zero attached hydrogens (tertiary/aromatic N) is 1. The summed E-state index contributed by atoms with van der Waals surface area (Å²) in [4.78, 5) is 23.8. The van der Waals surface area contributed by atoms with Crippen LogP contribution in [0.15, 0.2) is 0 Å². The topological polar surface area (TPSA) is 78.9 Å². The van der Waals surface area contributed by atoms with Crippen molar-refractivity contribution >= 4 is 11.9 Å². The van der Waals surface area contributed by atoms with Crippen LogP contribution in [0.5, 0.6) is 0 Å². The van der Waals surface area contributed by atoms with Crippen LogP contribution >= 0.6 is 0 Å². The van der Waals surface area contributed by atoms with Crippen molar-refractivity contribution in [2.45, 2.75) is 19.8 Å². The molecule has 2 N–H and O–H groups in total. The van der Waals surface area contributed by atoms with Crippen LogP contribution in [0, 0.1) is 5.92 Å². The minimum atomic E-state index is -0.839. The highest BCUT2D eigenvalue weighted by Crippen LogP contribution is 2.15. The third-order valence-electron chi connectivity index (χ3n) is 2.97. The standard InChI is InChI=1S/C12H22N2O4/c1-2-18-12(17)9-14-5-3-4-10(8-14)6-13-7-11(15)16/h10,13H,2-9H2,1H3,(H,15,16). The molecule has 0 amide bonds. The molecule has 0 saturated carbocycles. The van der Waals surface area contributed by atoms with E-state index >= 15 is 0 Å². The first-order valence-electron chi connectivity index (χ1n) is 6.42. The number of carbonyl (C=O) groups excluding carboxylic acids is 1. The molecule has 0 aliphatic carbocycles. The quantitative estimate of drug-likeness (QED) is 0.623. The number of hydrogen-bond acceptors (Lipinski definition) is 5. The number of hydrogen-bond donors (Lipinski definition) is 2. The number of carbonyl (C=O) groups is 2. The number of likely N-dealkylation sites (tertiary alicyclic amines) is 1. The monoisotopic (exact) mass is 258 g/mol. The number of esters is 1. The molecular weight excluding hydrogens is 236 g/mol. The Morgan fingerprint density at radius 3 is 2.94 bits per heavy atom. The number of rotatable bonds is 7. The largest absolute Gasteiger partial charge is 0.480 e. The van der Waals surface area contributed by atoms with Gasteiger partial charge in [0.1, 0.15) is 0 Å². The summed E-state index contributed by atoms with van der Waals surface area (Å²) < 4.78 is 4.92. The predicted molar refractivity (Wildman–Crippen MR) is 66.3 cm³/mol. The van der Waals surface area contributed by atoms with Gasteiger partial charge in [-0.15, -0.1) is 0 Å². The maximum atomic E-state index is 11.4. The Hall–Kier alpha value is -1.14. The highest BCUT2D eigenvalue weighted by molar-refractivity contribution is 5.71. The van der Waals surface area contributed by atoms with Crippen molar-refractivity contribution in [3.63, 3.8) is 0 Å². The molecule has 0 bridgehead atoms. The molecular formula is C12H22N2O4. The molecule has 1 aliphatic rings. The van der Waals surface area contributed by atoms with Crippen LogP contribution in [0.3, 0.4) is 0 Å². The highest BCUT2D eigenvalue weighted by Gasteiger charge is 2.21. The van der Waals surface area contributed by atoms with Crippen molar-refractivity contribution in [3.05, 3.63) is 0 Å². The highest BCUT2D eigenvalue weighted by atomic mass is 16.5. The van der Waals surface area contributed by atoms with Crippen LogP contribution in [0.1, 0.15) is 19.8 Å². The molecule has 1 aliphatic heterocycles. The second kappa shape index (κ2) is 8.05. The Balaban J connectivity index is 2.23. The summed E-state index contributed by atoms with van der Waals surface area (Å²) in [6.07, 6.45) is 2.12. The second-order valence-corrected chi connectivity index (χ2v) is 4.57. The fourth-order valence-electron chi connectivity index (χ4n) is 2.23. The minimum Gasteiger partial charge on any atom is -0.480 e. The molecule has 1 heterocycles. The molecule has 104 valence electrons. The summed E-state index contributed by atoms with van der Waals surface area (Å²) in [6.45, 7) is 4.96. The number of carboxylic acid groups (broad SMARTS) is 1. The van der Waals surface area contributed by atoms with Gasteiger partial charge in [0, 0.05) is 6.54 Å². The van der Waals surface area contributed by atoms with Crippen molar-refractivity contribution in [2.75, 3.05) is 39.3 Å². The van der Waals surface area contributed by atoms with Crippen LogP contribution in [0.4, 0.5) is 0 Å². The van der Waals surface area contributed by atoms with E-state index in [2.05, 4.69) is 10.2 Å². The Kier molecular flexibility index (Phi) is 6.67. The van der Waals surface area contributed by atoms with Gasteiger partial charge in [0.25, 0.3) is 0 Å². The van der Waals surface area contributed by atoms with E-state index in [9.17, 15) is 9.59 Å². The van der Waals surface area contributed by atoms with Crippen molar-refractivity contribution in [2.24, 2.45) is 5.92 Å². The van der Waals surface area contributed by atoms with Crippen molar-refractivity contribution in [1.29, 1.82) is 0 Å². The van der Waals surface area contributed by atoms with E-state index in [0.29, 0.717) is 25.6 Å². The summed E-state index contributed by atoms with van der Waals surface area (Å²) >= 11 is 0. The molecule has 0 aromatic carbocycles.